The molecule has 1 heterocycles. The summed E-state index contributed by atoms with van der Waals surface area (Å²) in [4.78, 5) is 23.5. The molecule has 0 saturated heterocycles. The smallest absolute Gasteiger partial charge is 0.267 e. The molecule has 5 heteroatoms. The maximum atomic E-state index is 12.1. The molecular weight excluding hydrogens is 242 g/mol. The van der Waals surface area contributed by atoms with Crippen LogP contribution in [0.3, 0.4) is 0 Å². The summed E-state index contributed by atoms with van der Waals surface area (Å²) in [6.45, 7) is 0. The predicted octanol–water partition coefficient (Wildman–Crippen LogP) is 1.82. The molecule has 0 aromatic heterocycles. The van der Waals surface area contributed by atoms with Crippen LogP contribution in [-0.2, 0) is 9.59 Å². The van der Waals surface area contributed by atoms with Gasteiger partial charge in [-0.25, -0.2) is 5.01 Å². The van der Waals surface area contributed by atoms with Crippen molar-refractivity contribution in [2.45, 2.75) is 63.8 Å². The molecule has 2 aliphatic rings. The van der Waals surface area contributed by atoms with Gasteiger partial charge in [0.2, 0.25) is 5.91 Å². The second kappa shape index (κ2) is 6.68. The summed E-state index contributed by atoms with van der Waals surface area (Å²) in [5, 5.41) is 8.42. The minimum Gasteiger partial charge on any atom is -0.348 e. The second-order valence-electron chi connectivity index (χ2n) is 5.48. The van der Waals surface area contributed by atoms with Gasteiger partial charge in [-0.1, -0.05) is 32.1 Å². The largest absolute Gasteiger partial charge is 0.348 e. The number of hydrazone groups is 1. The minimum absolute atomic E-state index is 0.0255. The highest BCUT2D eigenvalue weighted by Gasteiger charge is 2.23. The third kappa shape index (κ3) is 4.04. The summed E-state index contributed by atoms with van der Waals surface area (Å²) in [6.07, 6.45) is 9.21. The van der Waals surface area contributed by atoms with Crippen LogP contribution in [0.15, 0.2) is 5.10 Å². The number of nitrogens with one attached hydrogen (secondary N) is 1. The fourth-order valence-electron chi connectivity index (χ4n) is 2.70. The zero-order valence-corrected chi connectivity index (χ0v) is 11.7. The Bertz CT molecular complexity index is 371. The van der Waals surface area contributed by atoms with Gasteiger partial charge in [0.1, 0.15) is 5.71 Å². The van der Waals surface area contributed by atoms with E-state index in [1.807, 2.05) is 0 Å². The summed E-state index contributed by atoms with van der Waals surface area (Å²) in [6, 6.07) is 0.276. The Morgan fingerprint density at radius 3 is 2.42 bits per heavy atom. The van der Waals surface area contributed by atoms with Gasteiger partial charge in [-0.2, -0.15) is 5.10 Å². The first kappa shape index (κ1) is 14.0. The highest BCUT2D eigenvalue weighted by molar-refractivity contribution is 6.39. The van der Waals surface area contributed by atoms with Crippen LogP contribution in [0.2, 0.25) is 0 Å². The molecule has 1 saturated carbocycles. The first-order valence-corrected chi connectivity index (χ1v) is 7.31. The minimum atomic E-state index is -0.0927. The lowest BCUT2D eigenvalue weighted by molar-refractivity contribution is -0.130. The first-order chi connectivity index (χ1) is 9.16. The van der Waals surface area contributed by atoms with Gasteiger partial charge < -0.3 is 5.32 Å². The molecule has 0 bridgehead atoms. The SMILES string of the molecule is CN1N=C(C(=O)NC2CCCCCCC2)CCC1=O. The molecular formula is C14H23N3O2. The van der Waals surface area contributed by atoms with Crippen molar-refractivity contribution >= 4 is 17.5 Å². The molecule has 0 unspecified atom stereocenters. The standard InChI is InChI=1S/C14H23N3O2/c1-17-13(18)10-9-12(16-17)14(19)15-11-7-5-3-2-4-6-8-11/h11H,2-10H2,1H3,(H,15,19). The third-order valence-electron chi connectivity index (χ3n) is 3.91. The van der Waals surface area contributed by atoms with E-state index in [0.29, 0.717) is 18.6 Å². The van der Waals surface area contributed by atoms with Crippen LogP contribution in [0.1, 0.15) is 57.8 Å². The second-order valence-corrected chi connectivity index (χ2v) is 5.48. The molecule has 1 aliphatic carbocycles. The number of nitrogens with zero attached hydrogens (tertiary/aromatic N) is 2. The van der Waals surface area contributed by atoms with E-state index < -0.39 is 0 Å². The molecule has 106 valence electrons. The van der Waals surface area contributed by atoms with Crippen molar-refractivity contribution in [2.75, 3.05) is 7.05 Å². The predicted molar refractivity (Wildman–Crippen MR) is 73.7 cm³/mol. The molecule has 0 radical (unpaired) electrons. The van der Waals surface area contributed by atoms with E-state index >= 15 is 0 Å². The highest BCUT2D eigenvalue weighted by atomic mass is 16.2. The molecule has 1 aliphatic heterocycles. The van der Waals surface area contributed by atoms with Gasteiger partial charge in [0.15, 0.2) is 0 Å². The van der Waals surface area contributed by atoms with E-state index in [1.54, 1.807) is 7.05 Å². The van der Waals surface area contributed by atoms with Gasteiger partial charge in [-0.15, -0.1) is 0 Å². The van der Waals surface area contributed by atoms with Gasteiger partial charge in [-0.3, -0.25) is 9.59 Å². The molecule has 0 spiro atoms. The average molecular weight is 265 g/mol. The molecule has 1 N–H and O–H groups in total. The van der Waals surface area contributed by atoms with Gasteiger partial charge in [-0.05, 0) is 12.8 Å². The molecule has 1 fully saturated rings. The molecule has 2 rings (SSSR count). The maximum absolute atomic E-state index is 12.1. The van der Waals surface area contributed by atoms with E-state index in [-0.39, 0.29) is 17.9 Å². The fourth-order valence-corrected chi connectivity index (χ4v) is 2.70. The summed E-state index contributed by atoms with van der Waals surface area (Å²) < 4.78 is 0. The Labute approximate surface area is 114 Å². The zero-order valence-electron chi connectivity index (χ0n) is 11.7. The number of hydrogen-bond donors (Lipinski definition) is 1. The van der Waals surface area contributed by atoms with Crippen molar-refractivity contribution in [1.29, 1.82) is 0 Å². The Morgan fingerprint density at radius 2 is 1.79 bits per heavy atom. The Balaban J connectivity index is 1.89. The number of rotatable bonds is 2. The number of carbonyl (C=O) groups excluding carboxylic acids is 2. The van der Waals surface area contributed by atoms with Crippen molar-refractivity contribution in [3.05, 3.63) is 0 Å². The lowest BCUT2D eigenvalue weighted by atomic mass is 9.96. The zero-order chi connectivity index (χ0) is 13.7. The van der Waals surface area contributed by atoms with Gasteiger partial charge in [0.25, 0.3) is 5.91 Å². The number of hydrogen-bond acceptors (Lipinski definition) is 3. The molecule has 0 atom stereocenters. The van der Waals surface area contributed by atoms with Crippen LogP contribution in [0.4, 0.5) is 0 Å². The quantitative estimate of drug-likeness (QED) is 0.828. The van der Waals surface area contributed by atoms with Crippen molar-refractivity contribution in [1.82, 2.24) is 10.3 Å². The topological polar surface area (TPSA) is 61.8 Å². The van der Waals surface area contributed by atoms with Crippen molar-refractivity contribution in [3.63, 3.8) is 0 Å². The molecule has 5 nitrogen and oxygen atoms in total. The summed E-state index contributed by atoms with van der Waals surface area (Å²) in [5.74, 6) is -0.118. The monoisotopic (exact) mass is 265 g/mol. The molecule has 0 aromatic carbocycles. The van der Waals surface area contributed by atoms with Crippen LogP contribution in [0.25, 0.3) is 0 Å². The van der Waals surface area contributed by atoms with Gasteiger partial charge >= 0.3 is 0 Å². The number of amides is 2. The fraction of sp³-hybridized carbons (Fsp3) is 0.786. The highest BCUT2D eigenvalue weighted by Crippen LogP contribution is 2.17. The maximum Gasteiger partial charge on any atom is 0.267 e. The van der Waals surface area contributed by atoms with Gasteiger partial charge in [0.05, 0.1) is 0 Å². The number of carbonyl (C=O) groups is 2. The Hall–Kier alpha value is -1.39. The van der Waals surface area contributed by atoms with E-state index in [4.69, 9.17) is 0 Å². The van der Waals surface area contributed by atoms with Crippen LogP contribution in [-0.4, -0.2) is 35.6 Å². The van der Waals surface area contributed by atoms with Crippen LogP contribution >= 0.6 is 0 Å². The average Bonchev–Trinajstić information content (AvgIpc) is 2.35. The summed E-state index contributed by atoms with van der Waals surface area (Å²) >= 11 is 0. The molecule has 0 aromatic rings. The van der Waals surface area contributed by atoms with Crippen molar-refractivity contribution < 1.29 is 9.59 Å². The molecule has 19 heavy (non-hydrogen) atoms. The third-order valence-corrected chi connectivity index (χ3v) is 3.91. The van der Waals surface area contributed by atoms with Crippen LogP contribution in [0.5, 0.6) is 0 Å². The van der Waals surface area contributed by atoms with Crippen molar-refractivity contribution in [2.24, 2.45) is 5.10 Å². The summed E-state index contributed by atoms with van der Waals surface area (Å²) in [5.41, 5.74) is 0.490. The lowest BCUT2D eigenvalue weighted by Gasteiger charge is -2.23. The van der Waals surface area contributed by atoms with E-state index in [1.165, 1.54) is 37.1 Å². The Morgan fingerprint density at radius 1 is 1.16 bits per heavy atom. The normalized spacial score (nSPS) is 22.5. The summed E-state index contributed by atoms with van der Waals surface area (Å²) in [7, 11) is 1.60. The van der Waals surface area contributed by atoms with E-state index in [0.717, 1.165) is 12.8 Å². The van der Waals surface area contributed by atoms with E-state index in [2.05, 4.69) is 10.4 Å². The first-order valence-electron chi connectivity index (χ1n) is 7.31. The van der Waals surface area contributed by atoms with Crippen molar-refractivity contribution in [3.8, 4) is 0 Å². The van der Waals surface area contributed by atoms with E-state index in [9.17, 15) is 9.59 Å². The van der Waals surface area contributed by atoms with Gasteiger partial charge in [0, 0.05) is 25.9 Å². The van der Waals surface area contributed by atoms with Crippen LogP contribution in [0, 0.1) is 0 Å². The molecule has 2 amide bonds. The Kier molecular flexibility index (Phi) is 4.93. The van der Waals surface area contributed by atoms with Crippen LogP contribution < -0.4 is 5.32 Å². The lowest BCUT2D eigenvalue weighted by Crippen LogP contribution is -2.42.